The number of aromatic amines is 2. The Morgan fingerprint density at radius 1 is 1.35 bits per heavy atom. The fourth-order valence-electron chi connectivity index (χ4n) is 3.75. The van der Waals surface area contributed by atoms with Crippen molar-refractivity contribution in [3.8, 4) is 5.75 Å². The molecule has 0 aliphatic carbocycles. The minimum atomic E-state index is -0.0811. The van der Waals surface area contributed by atoms with Gasteiger partial charge in [-0.25, -0.2) is 4.98 Å². The SMILES string of the molecule is COc1c[nH]c(CN2CCC[C@@H](c3nc4ccc(C)cc4[nH]3)C2)cc1=O. The fraction of sp³-hybridized carbons (Fsp3) is 0.400. The van der Waals surface area contributed by atoms with Crippen LogP contribution in [0.3, 0.4) is 0 Å². The van der Waals surface area contributed by atoms with Crippen LogP contribution in [0.1, 0.15) is 35.8 Å². The van der Waals surface area contributed by atoms with Crippen molar-refractivity contribution in [2.45, 2.75) is 32.2 Å². The first kappa shape index (κ1) is 16.8. The number of nitrogens with zero attached hydrogens (tertiary/aromatic N) is 2. The highest BCUT2D eigenvalue weighted by atomic mass is 16.5. The van der Waals surface area contributed by atoms with Crippen LogP contribution in [-0.4, -0.2) is 40.1 Å². The van der Waals surface area contributed by atoms with Gasteiger partial charge in [-0.1, -0.05) is 6.07 Å². The van der Waals surface area contributed by atoms with Gasteiger partial charge < -0.3 is 14.7 Å². The topological polar surface area (TPSA) is 74.0 Å². The molecule has 4 rings (SSSR count). The van der Waals surface area contributed by atoms with Gasteiger partial charge in [0, 0.05) is 37.0 Å². The molecule has 0 saturated carbocycles. The average Bonchev–Trinajstić information content (AvgIpc) is 3.05. The molecule has 3 heterocycles. The minimum Gasteiger partial charge on any atom is -0.491 e. The van der Waals surface area contributed by atoms with E-state index in [1.54, 1.807) is 12.3 Å². The maximum atomic E-state index is 11.9. The number of likely N-dealkylation sites (tertiary alicyclic amines) is 1. The molecule has 0 spiro atoms. The standard InChI is InChI=1S/C20H24N4O2/c1-13-5-6-16-17(8-13)23-20(22-16)14-4-3-7-24(11-14)12-15-9-18(25)19(26-2)10-21-15/h5-6,8-10,14H,3-4,7,11-12H2,1-2H3,(H,21,25)(H,22,23)/t14-/m1/s1. The molecule has 0 bridgehead atoms. The van der Waals surface area contributed by atoms with Crippen LogP contribution >= 0.6 is 0 Å². The van der Waals surface area contributed by atoms with Crippen molar-refractivity contribution in [2.24, 2.45) is 0 Å². The number of hydrogen-bond donors (Lipinski definition) is 2. The molecule has 6 nitrogen and oxygen atoms in total. The second-order valence-corrected chi connectivity index (χ2v) is 7.11. The first-order chi connectivity index (χ1) is 12.6. The van der Waals surface area contributed by atoms with Crippen LogP contribution in [-0.2, 0) is 6.54 Å². The summed E-state index contributed by atoms with van der Waals surface area (Å²) in [6.07, 6.45) is 3.90. The molecule has 1 fully saturated rings. The molecule has 0 amide bonds. The van der Waals surface area contributed by atoms with Gasteiger partial charge in [0.05, 0.1) is 18.1 Å². The van der Waals surface area contributed by atoms with Gasteiger partial charge >= 0.3 is 0 Å². The van der Waals surface area contributed by atoms with Crippen LogP contribution in [0.15, 0.2) is 35.3 Å². The van der Waals surface area contributed by atoms with Crippen LogP contribution < -0.4 is 10.2 Å². The van der Waals surface area contributed by atoms with E-state index in [4.69, 9.17) is 9.72 Å². The average molecular weight is 352 g/mol. The Labute approximate surface area is 152 Å². The molecule has 1 aromatic carbocycles. The van der Waals surface area contributed by atoms with Crippen molar-refractivity contribution in [3.05, 3.63) is 57.8 Å². The van der Waals surface area contributed by atoms with E-state index in [9.17, 15) is 4.79 Å². The predicted octanol–water partition coefficient (Wildman–Crippen LogP) is 2.95. The lowest BCUT2D eigenvalue weighted by molar-refractivity contribution is 0.195. The Morgan fingerprint density at radius 2 is 2.23 bits per heavy atom. The first-order valence-electron chi connectivity index (χ1n) is 9.06. The van der Waals surface area contributed by atoms with Gasteiger partial charge in [-0.2, -0.15) is 0 Å². The summed E-state index contributed by atoms with van der Waals surface area (Å²) in [5.41, 5.74) is 4.21. The summed E-state index contributed by atoms with van der Waals surface area (Å²) in [6.45, 7) is 4.80. The van der Waals surface area contributed by atoms with Crippen molar-refractivity contribution >= 4 is 11.0 Å². The van der Waals surface area contributed by atoms with Gasteiger partial charge in [0.15, 0.2) is 5.75 Å². The number of nitrogens with one attached hydrogen (secondary N) is 2. The molecule has 136 valence electrons. The Morgan fingerprint density at radius 3 is 3.04 bits per heavy atom. The molecule has 1 atom stereocenters. The Balaban J connectivity index is 1.49. The summed E-state index contributed by atoms with van der Waals surface area (Å²) in [4.78, 5) is 25.8. The van der Waals surface area contributed by atoms with Crippen molar-refractivity contribution in [2.75, 3.05) is 20.2 Å². The van der Waals surface area contributed by atoms with Crippen LogP contribution in [0.25, 0.3) is 11.0 Å². The largest absolute Gasteiger partial charge is 0.491 e. The molecule has 0 radical (unpaired) electrons. The van der Waals surface area contributed by atoms with E-state index < -0.39 is 0 Å². The summed E-state index contributed by atoms with van der Waals surface area (Å²) in [7, 11) is 1.51. The zero-order valence-corrected chi connectivity index (χ0v) is 15.2. The highest BCUT2D eigenvalue weighted by Gasteiger charge is 2.24. The van der Waals surface area contributed by atoms with E-state index in [-0.39, 0.29) is 5.43 Å². The molecular weight excluding hydrogens is 328 g/mol. The third-order valence-electron chi connectivity index (χ3n) is 5.10. The number of imidazole rings is 1. The zero-order valence-electron chi connectivity index (χ0n) is 15.2. The zero-order chi connectivity index (χ0) is 18.1. The number of aryl methyl sites for hydroxylation is 1. The molecule has 0 unspecified atom stereocenters. The predicted molar refractivity (Wildman–Crippen MR) is 102 cm³/mol. The van der Waals surface area contributed by atoms with Crippen molar-refractivity contribution in [1.29, 1.82) is 0 Å². The number of rotatable bonds is 4. The van der Waals surface area contributed by atoms with Gasteiger partial charge in [-0.05, 0) is 44.0 Å². The van der Waals surface area contributed by atoms with Gasteiger partial charge in [0.25, 0.3) is 0 Å². The highest BCUT2D eigenvalue weighted by molar-refractivity contribution is 5.75. The van der Waals surface area contributed by atoms with Gasteiger partial charge in [0.2, 0.25) is 5.43 Å². The van der Waals surface area contributed by atoms with E-state index in [0.29, 0.717) is 11.7 Å². The lowest BCUT2D eigenvalue weighted by atomic mass is 9.97. The quantitative estimate of drug-likeness (QED) is 0.757. The molecule has 3 aromatic rings. The lowest BCUT2D eigenvalue weighted by Gasteiger charge is -2.31. The maximum Gasteiger partial charge on any atom is 0.223 e. The number of hydrogen-bond acceptors (Lipinski definition) is 4. The number of aromatic nitrogens is 3. The maximum absolute atomic E-state index is 11.9. The summed E-state index contributed by atoms with van der Waals surface area (Å²) in [5, 5.41) is 0. The molecular formula is C20H24N4O2. The van der Waals surface area contributed by atoms with Gasteiger partial charge in [0.1, 0.15) is 5.82 Å². The second kappa shape index (κ2) is 6.96. The number of piperidine rings is 1. The number of H-pyrrole nitrogens is 2. The smallest absolute Gasteiger partial charge is 0.223 e. The van der Waals surface area contributed by atoms with Crippen molar-refractivity contribution in [1.82, 2.24) is 19.9 Å². The van der Waals surface area contributed by atoms with E-state index in [0.717, 1.165) is 55.0 Å². The van der Waals surface area contributed by atoms with Crippen LogP contribution in [0.2, 0.25) is 0 Å². The number of pyridine rings is 1. The van der Waals surface area contributed by atoms with E-state index in [2.05, 4.69) is 40.0 Å². The molecule has 6 heteroatoms. The van der Waals surface area contributed by atoms with Crippen molar-refractivity contribution in [3.63, 3.8) is 0 Å². The van der Waals surface area contributed by atoms with Gasteiger partial charge in [-0.3, -0.25) is 9.69 Å². The van der Waals surface area contributed by atoms with Crippen LogP contribution in [0.5, 0.6) is 5.75 Å². The summed E-state index contributed by atoms with van der Waals surface area (Å²) in [5.74, 6) is 1.81. The van der Waals surface area contributed by atoms with E-state index in [1.807, 2.05) is 0 Å². The highest BCUT2D eigenvalue weighted by Crippen LogP contribution is 2.27. The fourth-order valence-corrected chi connectivity index (χ4v) is 3.75. The number of fused-ring (bicyclic) bond motifs is 1. The summed E-state index contributed by atoms with van der Waals surface area (Å²) < 4.78 is 5.03. The minimum absolute atomic E-state index is 0.0811. The van der Waals surface area contributed by atoms with E-state index >= 15 is 0 Å². The third-order valence-corrected chi connectivity index (χ3v) is 5.10. The number of methoxy groups -OCH3 is 1. The summed E-state index contributed by atoms with van der Waals surface area (Å²) in [6, 6.07) is 7.95. The Bertz CT molecular complexity index is 975. The molecule has 1 aliphatic rings. The monoisotopic (exact) mass is 352 g/mol. The molecule has 2 N–H and O–H groups in total. The van der Waals surface area contributed by atoms with Crippen molar-refractivity contribution < 1.29 is 4.74 Å². The number of benzene rings is 1. The molecule has 26 heavy (non-hydrogen) atoms. The molecule has 1 aliphatic heterocycles. The second-order valence-electron chi connectivity index (χ2n) is 7.11. The number of ether oxygens (including phenoxy) is 1. The first-order valence-corrected chi connectivity index (χ1v) is 9.06. The third kappa shape index (κ3) is 3.37. The Kier molecular flexibility index (Phi) is 4.51. The molecule has 1 saturated heterocycles. The summed E-state index contributed by atoms with van der Waals surface area (Å²) >= 11 is 0. The van der Waals surface area contributed by atoms with Gasteiger partial charge in [-0.15, -0.1) is 0 Å². The van der Waals surface area contributed by atoms with Crippen LogP contribution in [0.4, 0.5) is 0 Å². The van der Waals surface area contributed by atoms with Crippen LogP contribution in [0, 0.1) is 6.92 Å². The lowest BCUT2D eigenvalue weighted by Crippen LogP contribution is -2.34. The normalized spacial score (nSPS) is 18.3. The molecule has 2 aromatic heterocycles. The Hall–Kier alpha value is -2.60. The van der Waals surface area contributed by atoms with E-state index in [1.165, 1.54) is 12.7 Å².